The minimum absolute atomic E-state index is 0.123. The Bertz CT molecular complexity index is 1180. The van der Waals surface area contributed by atoms with Crippen molar-refractivity contribution in [2.45, 2.75) is 25.7 Å². The fraction of sp³-hybridized carbons (Fsp3) is 0.174. The molecule has 30 heavy (non-hydrogen) atoms. The first-order chi connectivity index (χ1) is 14.2. The molecule has 0 saturated carbocycles. The van der Waals surface area contributed by atoms with Crippen LogP contribution >= 0.6 is 11.6 Å². The van der Waals surface area contributed by atoms with Gasteiger partial charge in [0.2, 0.25) is 5.91 Å². The van der Waals surface area contributed by atoms with Crippen molar-refractivity contribution < 1.29 is 13.2 Å². The largest absolute Gasteiger partial charge is 0.324 e. The minimum Gasteiger partial charge on any atom is -0.324 e. The highest BCUT2D eigenvalue weighted by Crippen LogP contribution is 2.28. The molecule has 0 atom stereocenters. The Morgan fingerprint density at radius 1 is 0.967 bits per heavy atom. The van der Waals surface area contributed by atoms with Gasteiger partial charge in [0, 0.05) is 10.7 Å². The smallest absolute Gasteiger partial charge is 0.264 e. The Kier molecular flexibility index (Phi) is 6.48. The van der Waals surface area contributed by atoms with E-state index in [1.165, 1.54) is 12.1 Å². The molecule has 156 valence electrons. The molecule has 3 aromatic rings. The van der Waals surface area contributed by atoms with Crippen molar-refractivity contribution in [1.82, 2.24) is 0 Å². The van der Waals surface area contributed by atoms with Crippen LogP contribution in [0.25, 0.3) is 0 Å². The maximum Gasteiger partial charge on any atom is 0.264 e. The third-order valence-electron chi connectivity index (χ3n) is 4.79. The van der Waals surface area contributed by atoms with Gasteiger partial charge in [-0.1, -0.05) is 48.0 Å². The second-order valence-corrected chi connectivity index (χ2v) is 9.34. The molecule has 0 aromatic heterocycles. The predicted molar refractivity (Wildman–Crippen MR) is 122 cm³/mol. The van der Waals surface area contributed by atoms with Gasteiger partial charge in [-0.25, -0.2) is 8.42 Å². The summed E-state index contributed by atoms with van der Waals surface area (Å²) in [5.74, 6) is -0.458. The lowest BCUT2D eigenvalue weighted by Gasteiger charge is -2.26. The molecule has 0 aliphatic heterocycles. The third-order valence-corrected chi connectivity index (χ3v) is 6.98. The minimum atomic E-state index is -3.95. The molecule has 0 radical (unpaired) electrons. The summed E-state index contributed by atoms with van der Waals surface area (Å²) in [4.78, 5) is 13.0. The summed E-state index contributed by atoms with van der Waals surface area (Å²) in [6, 6.07) is 18.8. The number of rotatable bonds is 6. The van der Waals surface area contributed by atoms with Gasteiger partial charge >= 0.3 is 0 Å². The van der Waals surface area contributed by atoms with Crippen molar-refractivity contribution in [3.63, 3.8) is 0 Å². The maximum atomic E-state index is 13.4. The molecule has 0 spiro atoms. The predicted octanol–water partition coefficient (Wildman–Crippen LogP) is 5.10. The van der Waals surface area contributed by atoms with Gasteiger partial charge in [-0.3, -0.25) is 9.10 Å². The van der Waals surface area contributed by atoms with E-state index in [4.69, 9.17) is 11.6 Å². The summed E-state index contributed by atoms with van der Waals surface area (Å²) >= 11 is 6.13. The van der Waals surface area contributed by atoms with Crippen molar-refractivity contribution >= 4 is 38.9 Å². The number of carbonyl (C=O) groups excluding carboxylic acids is 1. The highest BCUT2D eigenvalue weighted by atomic mass is 35.5. The average Bonchev–Trinajstić information content (AvgIpc) is 2.72. The molecule has 1 amide bonds. The van der Waals surface area contributed by atoms with E-state index in [0.717, 1.165) is 21.0 Å². The summed E-state index contributed by atoms with van der Waals surface area (Å²) < 4.78 is 28.0. The second-order valence-electron chi connectivity index (χ2n) is 7.08. The molecule has 0 heterocycles. The van der Waals surface area contributed by atoms with Crippen LogP contribution in [0.4, 0.5) is 11.4 Å². The van der Waals surface area contributed by atoms with E-state index in [0.29, 0.717) is 16.4 Å². The van der Waals surface area contributed by atoms with Gasteiger partial charge in [-0.05, 0) is 67.8 Å². The van der Waals surface area contributed by atoms with Crippen molar-refractivity contribution in [3.8, 4) is 0 Å². The average molecular weight is 443 g/mol. The van der Waals surface area contributed by atoms with Crippen molar-refractivity contribution in [3.05, 3.63) is 88.4 Å². The molecular formula is C23H23ClN2O3S. The Morgan fingerprint density at radius 2 is 1.67 bits per heavy atom. The van der Waals surface area contributed by atoms with E-state index in [1.807, 2.05) is 26.0 Å². The number of halogens is 1. The van der Waals surface area contributed by atoms with Crippen LogP contribution < -0.4 is 9.62 Å². The summed E-state index contributed by atoms with van der Waals surface area (Å²) in [6.07, 6.45) is 0. The van der Waals surface area contributed by atoms with Crippen LogP contribution in [0.2, 0.25) is 5.02 Å². The van der Waals surface area contributed by atoms with Gasteiger partial charge < -0.3 is 5.32 Å². The number of benzene rings is 3. The van der Waals surface area contributed by atoms with E-state index in [9.17, 15) is 13.2 Å². The lowest BCUT2D eigenvalue weighted by molar-refractivity contribution is -0.114. The van der Waals surface area contributed by atoms with Crippen LogP contribution in [-0.2, 0) is 14.8 Å². The number of nitrogens with one attached hydrogen (secondary N) is 1. The fourth-order valence-corrected chi connectivity index (χ4v) is 4.74. The Balaban J connectivity index is 2.01. The van der Waals surface area contributed by atoms with Crippen LogP contribution in [0.15, 0.2) is 71.6 Å². The number of carbonyl (C=O) groups is 1. The van der Waals surface area contributed by atoms with Crippen LogP contribution in [0.1, 0.15) is 16.7 Å². The van der Waals surface area contributed by atoms with Gasteiger partial charge in [0.1, 0.15) is 6.54 Å². The normalized spacial score (nSPS) is 11.2. The molecule has 7 heteroatoms. The van der Waals surface area contributed by atoms with Crippen molar-refractivity contribution in [2.75, 3.05) is 16.2 Å². The highest BCUT2D eigenvalue weighted by Gasteiger charge is 2.28. The van der Waals surface area contributed by atoms with E-state index < -0.39 is 15.9 Å². The zero-order valence-corrected chi connectivity index (χ0v) is 18.6. The molecule has 0 unspecified atom stereocenters. The Hall–Kier alpha value is -2.83. The molecule has 0 bridgehead atoms. The standard InChI is InChI=1S/C23H23ClN2O3S/c1-16-12-13-17(2)22(14-16)26(30(28,29)19-8-5-4-6-9-19)15-23(27)25-21-11-7-10-20(24)18(21)3/h4-14H,15H2,1-3H3,(H,25,27). The molecule has 0 aliphatic carbocycles. The van der Waals surface area contributed by atoms with Gasteiger partial charge in [0.05, 0.1) is 10.6 Å². The van der Waals surface area contributed by atoms with Gasteiger partial charge in [0.25, 0.3) is 10.0 Å². The summed E-state index contributed by atoms with van der Waals surface area (Å²) in [7, 11) is -3.95. The van der Waals surface area contributed by atoms with Crippen LogP contribution in [0.3, 0.4) is 0 Å². The highest BCUT2D eigenvalue weighted by molar-refractivity contribution is 7.92. The fourth-order valence-electron chi connectivity index (χ4n) is 3.07. The lowest BCUT2D eigenvalue weighted by atomic mass is 10.1. The first-order valence-electron chi connectivity index (χ1n) is 9.40. The molecule has 3 aromatic carbocycles. The molecular weight excluding hydrogens is 420 g/mol. The SMILES string of the molecule is Cc1ccc(C)c(N(CC(=O)Nc2cccc(Cl)c2C)S(=O)(=O)c2ccccc2)c1. The molecule has 0 fully saturated rings. The summed E-state index contributed by atoms with van der Waals surface area (Å²) in [5.41, 5.74) is 3.39. The first-order valence-corrected chi connectivity index (χ1v) is 11.2. The maximum absolute atomic E-state index is 13.4. The number of sulfonamides is 1. The number of aryl methyl sites for hydroxylation is 2. The zero-order chi connectivity index (χ0) is 21.9. The molecule has 0 aliphatic rings. The van der Waals surface area contributed by atoms with Crippen molar-refractivity contribution in [1.29, 1.82) is 0 Å². The molecule has 1 N–H and O–H groups in total. The topological polar surface area (TPSA) is 66.5 Å². The van der Waals surface area contributed by atoms with Crippen LogP contribution in [0, 0.1) is 20.8 Å². The number of anilines is 2. The molecule has 5 nitrogen and oxygen atoms in total. The van der Waals surface area contributed by atoms with Gasteiger partial charge in [0.15, 0.2) is 0 Å². The number of hydrogen-bond donors (Lipinski definition) is 1. The van der Waals surface area contributed by atoms with Crippen LogP contribution in [-0.4, -0.2) is 20.9 Å². The number of amides is 1. The molecule has 3 rings (SSSR count). The monoisotopic (exact) mass is 442 g/mol. The van der Waals surface area contributed by atoms with Gasteiger partial charge in [-0.15, -0.1) is 0 Å². The van der Waals surface area contributed by atoms with E-state index >= 15 is 0 Å². The zero-order valence-electron chi connectivity index (χ0n) is 17.0. The van der Waals surface area contributed by atoms with Crippen molar-refractivity contribution in [2.24, 2.45) is 0 Å². The Labute approximate surface area is 182 Å². The summed E-state index contributed by atoms with van der Waals surface area (Å²) in [5, 5.41) is 3.30. The van der Waals surface area contributed by atoms with Crippen LogP contribution in [0.5, 0.6) is 0 Å². The summed E-state index contributed by atoms with van der Waals surface area (Å²) in [6.45, 7) is 5.13. The van der Waals surface area contributed by atoms with Gasteiger partial charge in [-0.2, -0.15) is 0 Å². The van der Waals surface area contributed by atoms with E-state index in [1.54, 1.807) is 49.4 Å². The van der Waals surface area contributed by atoms with E-state index in [2.05, 4.69) is 5.32 Å². The third kappa shape index (κ3) is 4.66. The lowest BCUT2D eigenvalue weighted by Crippen LogP contribution is -2.38. The van der Waals surface area contributed by atoms with E-state index in [-0.39, 0.29) is 11.4 Å². The molecule has 0 saturated heterocycles. The Morgan fingerprint density at radius 3 is 2.37 bits per heavy atom. The quantitative estimate of drug-likeness (QED) is 0.577. The second kappa shape index (κ2) is 8.90. The number of nitrogens with zero attached hydrogens (tertiary/aromatic N) is 1. The first kappa shape index (κ1) is 21.9. The number of hydrogen-bond acceptors (Lipinski definition) is 3.